The molecule has 2 N–H and O–H groups in total. The molecule has 0 aliphatic rings. The molecule has 2 rings (SSSR count). The van der Waals surface area contributed by atoms with Gasteiger partial charge in [0, 0.05) is 18.7 Å². The van der Waals surface area contributed by atoms with Gasteiger partial charge in [-0.15, -0.1) is 0 Å². The Labute approximate surface area is 162 Å². The summed E-state index contributed by atoms with van der Waals surface area (Å²) in [4.78, 5) is 23.2. The van der Waals surface area contributed by atoms with Crippen molar-refractivity contribution in [3.63, 3.8) is 0 Å². The van der Waals surface area contributed by atoms with E-state index in [0.717, 1.165) is 6.07 Å². The Morgan fingerprint density at radius 3 is 2.61 bits per heavy atom. The molecule has 0 heterocycles. The Hall–Kier alpha value is -3.61. The van der Waals surface area contributed by atoms with Gasteiger partial charge in [-0.1, -0.05) is 18.7 Å². The monoisotopic (exact) mass is 384 g/mol. The molecule has 2 amide bonds. The summed E-state index contributed by atoms with van der Waals surface area (Å²) in [5.74, 6) is -0.358. The normalized spacial score (nSPS) is 10.4. The molecule has 7 heteroatoms. The van der Waals surface area contributed by atoms with Crippen molar-refractivity contribution in [3.8, 4) is 11.5 Å². The number of anilines is 2. The van der Waals surface area contributed by atoms with Gasteiger partial charge >= 0.3 is 0 Å². The van der Waals surface area contributed by atoms with Gasteiger partial charge in [-0.2, -0.15) is 0 Å². The first kappa shape index (κ1) is 20.7. The molecule has 2 aromatic rings. The second kappa shape index (κ2) is 9.91. The molecule has 0 fully saturated rings. The number of hydrogen-bond donors (Lipinski definition) is 2. The van der Waals surface area contributed by atoms with Gasteiger partial charge in [0.05, 0.1) is 12.8 Å². The van der Waals surface area contributed by atoms with Gasteiger partial charge in [0.2, 0.25) is 11.8 Å². The van der Waals surface area contributed by atoms with E-state index in [2.05, 4.69) is 17.2 Å². The highest BCUT2D eigenvalue weighted by Gasteiger charge is 2.08. The first-order valence-electron chi connectivity index (χ1n) is 8.41. The van der Waals surface area contributed by atoms with Crippen molar-refractivity contribution >= 4 is 29.3 Å². The number of hydrogen-bond acceptors (Lipinski definition) is 4. The molecule has 146 valence electrons. The van der Waals surface area contributed by atoms with E-state index < -0.39 is 11.7 Å². The van der Waals surface area contributed by atoms with E-state index >= 15 is 0 Å². The van der Waals surface area contributed by atoms with Crippen LogP contribution in [0.5, 0.6) is 11.5 Å². The van der Waals surface area contributed by atoms with Crippen molar-refractivity contribution in [1.29, 1.82) is 0 Å². The number of halogens is 1. The highest BCUT2D eigenvalue weighted by Crippen LogP contribution is 2.28. The van der Waals surface area contributed by atoms with Gasteiger partial charge in [-0.05, 0) is 42.0 Å². The summed E-state index contributed by atoms with van der Waals surface area (Å²) < 4.78 is 24.6. The Morgan fingerprint density at radius 1 is 1.14 bits per heavy atom. The van der Waals surface area contributed by atoms with Crippen LogP contribution < -0.4 is 20.1 Å². The molecule has 0 aliphatic heterocycles. The van der Waals surface area contributed by atoms with Crippen molar-refractivity contribution in [2.75, 3.05) is 24.4 Å². The van der Waals surface area contributed by atoms with Gasteiger partial charge < -0.3 is 20.1 Å². The first-order valence-corrected chi connectivity index (χ1v) is 8.41. The van der Waals surface area contributed by atoms with Crippen molar-refractivity contribution < 1.29 is 23.5 Å². The van der Waals surface area contributed by atoms with Gasteiger partial charge in [0.15, 0.2) is 11.5 Å². The average molecular weight is 384 g/mol. The molecule has 28 heavy (non-hydrogen) atoms. The summed E-state index contributed by atoms with van der Waals surface area (Å²) in [5, 5.41) is 4.97. The number of amides is 2. The van der Waals surface area contributed by atoms with Crippen molar-refractivity contribution in [2.24, 2.45) is 0 Å². The Bertz CT molecular complexity index is 909. The number of methoxy groups -OCH3 is 1. The molecular weight excluding hydrogens is 363 g/mol. The van der Waals surface area contributed by atoms with Crippen LogP contribution in [0.4, 0.5) is 15.8 Å². The molecule has 2 aromatic carbocycles. The number of benzene rings is 2. The van der Waals surface area contributed by atoms with Crippen LogP contribution in [0.15, 0.2) is 55.1 Å². The van der Waals surface area contributed by atoms with Gasteiger partial charge in [0.25, 0.3) is 0 Å². The molecule has 0 radical (unpaired) electrons. The van der Waals surface area contributed by atoms with Crippen LogP contribution in [-0.2, 0) is 9.59 Å². The topological polar surface area (TPSA) is 76.7 Å². The number of ether oxygens (including phenoxy) is 2. The maximum absolute atomic E-state index is 13.9. The third-order valence-electron chi connectivity index (χ3n) is 3.52. The van der Waals surface area contributed by atoms with Crippen molar-refractivity contribution in [2.45, 2.75) is 6.92 Å². The summed E-state index contributed by atoms with van der Waals surface area (Å²) in [6.45, 7) is 5.27. The summed E-state index contributed by atoms with van der Waals surface area (Å²) in [7, 11) is 1.52. The third-order valence-corrected chi connectivity index (χ3v) is 3.52. The minimum Gasteiger partial charge on any atom is -0.493 e. The zero-order valence-corrected chi connectivity index (χ0v) is 15.6. The number of rotatable bonds is 8. The quantitative estimate of drug-likeness (QED) is 0.533. The van der Waals surface area contributed by atoms with E-state index in [4.69, 9.17) is 9.47 Å². The average Bonchev–Trinajstić information content (AvgIpc) is 2.67. The molecule has 0 unspecified atom stereocenters. The number of nitrogens with one attached hydrogen (secondary N) is 2. The Morgan fingerprint density at radius 2 is 1.93 bits per heavy atom. The van der Waals surface area contributed by atoms with E-state index in [9.17, 15) is 14.0 Å². The fourth-order valence-electron chi connectivity index (χ4n) is 2.30. The maximum atomic E-state index is 13.9. The van der Waals surface area contributed by atoms with Gasteiger partial charge in [-0.25, -0.2) is 4.39 Å². The number of carbonyl (C=O) groups excluding carboxylic acids is 2. The Kier molecular flexibility index (Phi) is 7.33. The maximum Gasteiger partial charge on any atom is 0.248 e. The lowest BCUT2D eigenvalue weighted by atomic mass is 10.2. The zero-order valence-electron chi connectivity index (χ0n) is 15.6. The lowest BCUT2D eigenvalue weighted by molar-refractivity contribution is -0.114. The van der Waals surface area contributed by atoms with E-state index in [0.29, 0.717) is 29.4 Å². The van der Waals surface area contributed by atoms with E-state index in [-0.39, 0.29) is 11.6 Å². The molecule has 6 nitrogen and oxygen atoms in total. The SMILES string of the molecule is C=CCOc1ccc(/C=C/C(=O)Nc2cc(NC(C)=O)ccc2F)cc1OC. The summed E-state index contributed by atoms with van der Waals surface area (Å²) >= 11 is 0. The molecule has 0 saturated heterocycles. The standard InChI is InChI=1S/C21H21FN2O4/c1-4-11-28-19-9-5-15(12-20(19)27-3)6-10-21(26)24-18-13-16(23-14(2)25)7-8-17(18)22/h4-10,12-13H,1,11H2,2-3H3,(H,23,25)(H,24,26)/b10-6+. The smallest absolute Gasteiger partial charge is 0.248 e. The van der Waals surface area contributed by atoms with E-state index in [1.807, 2.05) is 0 Å². The van der Waals surface area contributed by atoms with E-state index in [1.165, 1.54) is 32.2 Å². The van der Waals surface area contributed by atoms with Gasteiger partial charge in [0.1, 0.15) is 12.4 Å². The lowest BCUT2D eigenvalue weighted by Gasteiger charge is -2.10. The van der Waals surface area contributed by atoms with Crippen LogP contribution in [0.25, 0.3) is 6.08 Å². The second-order valence-electron chi connectivity index (χ2n) is 5.71. The van der Waals surface area contributed by atoms with Crippen molar-refractivity contribution in [1.82, 2.24) is 0 Å². The van der Waals surface area contributed by atoms with Crippen LogP contribution in [-0.4, -0.2) is 25.5 Å². The largest absolute Gasteiger partial charge is 0.493 e. The zero-order chi connectivity index (χ0) is 20.5. The van der Waals surface area contributed by atoms with Crippen LogP contribution in [0.3, 0.4) is 0 Å². The first-order chi connectivity index (χ1) is 13.4. The summed E-state index contributed by atoms with van der Waals surface area (Å²) in [5.41, 5.74) is 1.05. The van der Waals surface area contributed by atoms with Crippen LogP contribution in [0.2, 0.25) is 0 Å². The molecule has 0 spiro atoms. The molecule has 0 atom stereocenters. The summed E-state index contributed by atoms with van der Waals surface area (Å²) in [6.07, 6.45) is 4.45. The highest BCUT2D eigenvalue weighted by atomic mass is 19.1. The van der Waals surface area contributed by atoms with E-state index in [1.54, 1.807) is 30.4 Å². The highest BCUT2D eigenvalue weighted by molar-refractivity contribution is 6.02. The second-order valence-corrected chi connectivity index (χ2v) is 5.71. The molecular formula is C21H21FN2O4. The minimum absolute atomic E-state index is 0.0355. The third kappa shape index (κ3) is 5.98. The van der Waals surface area contributed by atoms with Crippen LogP contribution in [0.1, 0.15) is 12.5 Å². The van der Waals surface area contributed by atoms with Crippen molar-refractivity contribution in [3.05, 3.63) is 66.5 Å². The Balaban J connectivity index is 2.09. The minimum atomic E-state index is -0.610. The van der Waals surface area contributed by atoms with Crippen LogP contribution in [0, 0.1) is 5.82 Å². The predicted molar refractivity (Wildman–Crippen MR) is 107 cm³/mol. The fourth-order valence-corrected chi connectivity index (χ4v) is 2.30. The van der Waals surface area contributed by atoms with Crippen LogP contribution >= 0.6 is 0 Å². The number of carbonyl (C=O) groups is 2. The summed E-state index contributed by atoms with van der Waals surface area (Å²) in [6, 6.07) is 9.10. The molecule has 0 saturated carbocycles. The van der Waals surface area contributed by atoms with Gasteiger partial charge in [-0.3, -0.25) is 9.59 Å². The predicted octanol–water partition coefficient (Wildman–Crippen LogP) is 4.01. The molecule has 0 aromatic heterocycles. The fraction of sp³-hybridized carbons (Fsp3) is 0.143. The lowest BCUT2D eigenvalue weighted by Crippen LogP contribution is -2.11. The molecule has 0 bridgehead atoms. The molecule has 0 aliphatic carbocycles.